The summed E-state index contributed by atoms with van der Waals surface area (Å²) >= 11 is 1.41. The molecule has 3 aromatic rings. The smallest absolute Gasteiger partial charge is 0.287 e. The van der Waals surface area contributed by atoms with Gasteiger partial charge in [-0.1, -0.05) is 30.3 Å². The summed E-state index contributed by atoms with van der Waals surface area (Å²) in [7, 11) is 0. The molecule has 0 atom stereocenters. The Morgan fingerprint density at radius 2 is 1.79 bits per heavy atom. The molecule has 140 valence electrons. The number of carbonyl (C=O) groups excluding carboxylic acids is 3. The van der Waals surface area contributed by atoms with Crippen LogP contribution < -0.4 is 16.2 Å². The van der Waals surface area contributed by atoms with Crippen LogP contribution in [0.15, 0.2) is 59.5 Å². The number of hydrazine groups is 1. The third kappa shape index (κ3) is 3.74. The number of aromatic amines is 1. The molecule has 1 aliphatic rings. The van der Waals surface area contributed by atoms with Gasteiger partial charge in [0.15, 0.2) is 0 Å². The number of benzene rings is 2. The van der Waals surface area contributed by atoms with Crippen molar-refractivity contribution in [1.29, 1.82) is 0 Å². The van der Waals surface area contributed by atoms with Gasteiger partial charge < -0.3 is 5.32 Å². The molecule has 9 heteroatoms. The summed E-state index contributed by atoms with van der Waals surface area (Å²) in [6, 6.07) is 16.0. The summed E-state index contributed by atoms with van der Waals surface area (Å²) in [6.45, 7) is 0. The van der Waals surface area contributed by atoms with Crippen molar-refractivity contribution in [1.82, 2.24) is 21.0 Å². The molecule has 2 heterocycles. The molecule has 0 radical (unpaired) electrons. The van der Waals surface area contributed by atoms with Crippen LogP contribution in [-0.2, 0) is 4.79 Å². The number of hydrogen-bond acceptors (Lipinski definition) is 5. The third-order valence-electron chi connectivity index (χ3n) is 4.06. The summed E-state index contributed by atoms with van der Waals surface area (Å²) < 4.78 is 0. The first-order valence-corrected chi connectivity index (χ1v) is 9.37. The van der Waals surface area contributed by atoms with Crippen LogP contribution in [-0.4, -0.2) is 33.7 Å². The Kier molecular flexibility index (Phi) is 4.81. The number of aromatic nitrogens is 2. The quantitative estimate of drug-likeness (QED) is 0.509. The number of nitrogens with one attached hydrogen (secondary N) is 4. The van der Waals surface area contributed by atoms with Crippen molar-refractivity contribution in [2.75, 3.05) is 11.1 Å². The lowest BCUT2D eigenvalue weighted by Crippen LogP contribution is -2.41. The summed E-state index contributed by atoms with van der Waals surface area (Å²) in [5.74, 6) is -0.783. The first kappa shape index (κ1) is 17.8. The minimum atomic E-state index is -0.523. The highest BCUT2D eigenvalue weighted by molar-refractivity contribution is 8.00. The second-order valence-electron chi connectivity index (χ2n) is 5.99. The van der Waals surface area contributed by atoms with E-state index in [0.717, 1.165) is 10.5 Å². The van der Waals surface area contributed by atoms with E-state index in [1.54, 1.807) is 24.3 Å². The fraction of sp³-hybridized carbons (Fsp3) is 0.0526. The van der Waals surface area contributed by atoms with Gasteiger partial charge in [0, 0.05) is 16.0 Å². The molecule has 0 saturated carbocycles. The molecule has 0 saturated heterocycles. The molecule has 0 unspecified atom stereocenters. The van der Waals surface area contributed by atoms with Crippen LogP contribution in [0.25, 0.3) is 11.3 Å². The van der Waals surface area contributed by atoms with Gasteiger partial charge in [0.05, 0.1) is 17.1 Å². The number of carbonyl (C=O) groups is 3. The first-order chi connectivity index (χ1) is 13.6. The average Bonchev–Trinajstić information content (AvgIpc) is 3.22. The molecule has 8 nitrogen and oxygen atoms in total. The number of nitrogens with zero attached hydrogens (tertiary/aromatic N) is 1. The minimum absolute atomic E-state index is 0.114. The molecular weight excluding hydrogens is 378 g/mol. The largest absolute Gasteiger partial charge is 0.324 e. The van der Waals surface area contributed by atoms with Gasteiger partial charge in [0.1, 0.15) is 5.69 Å². The topological polar surface area (TPSA) is 116 Å². The van der Waals surface area contributed by atoms with Crippen molar-refractivity contribution in [2.45, 2.75) is 4.90 Å². The van der Waals surface area contributed by atoms with Crippen LogP contribution in [0.1, 0.15) is 20.8 Å². The maximum Gasteiger partial charge on any atom is 0.287 e. The number of anilines is 1. The van der Waals surface area contributed by atoms with Crippen LogP contribution in [0.5, 0.6) is 0 Å². The van der Waals surface area contributed by atoms with Gasteiger partial charge in [-0.05, 0) is 24.3 Å². The molecule has 0 aliphatic carbocycles. The van der Waals surface area contributed by atoms with E-state index in [2.05, 4.69) is 26.4 Å². The van der Waals surface area contributed by atoms with E-state index < -0.39 is 11.8 Å². The van der Waals surface area contributed by atoms with Crippen LogP contribution >= 0.6 is 11.8 Å². The van der Waals surface area contributed by atoms with Crippen molar-refractivity contribution >= 4 is 35.2 Å². The van der Waals surface area contributed by atoms with Crippen molar-refractivity contribution < 1.29 is 14.4 Å². The Labute approximate surface area is 164 Å². The van der Waals surface area contributed by atoms with E-state index in [0.29, 0.717) is 22.7 Å². The molecule has 4 N–H and O–H groups in total. The van der Waals surface area contributed by atoms with Crippen molar-refractivity contribution in [2.24, 2.45) is 0 Å². The van der Waals surface area contributed by atoms with E-state index in [4.69, 9.17) is 0 Å². The zero-order chi connectivity index (χ0) is 19.5. The van der Waals surface area contributed by atoms with E-state index in [9.17, 15) is 14.4 Å². The standard InChI is InChI=1S/C19H15N5O3S/c25-17-10-28-16-7-6-12(8-14(16)20-17)18(26)23-24-19(27)15-9-13(21-22-15)11-4-2-1-3-5-11/h1-9H,10H2,(H,20,25)(H,21,22)(H,23,26)(H,24,27). The lowest BCUT2D eigenvalue weighted by Gasteiger charge is -2.16. The molecule has 1 aliphatic heterocycles. The van der Waals surface area contributed by atoms with Crippen LogP contribution in [0.4, 0.5) is 5.69 Å². The molecule has 0 bridgehead atoms. The summed E-state index contributed by atoms with van der Waals surface area (Å²) in [6.07, 6.45) is 0. The van der Waals surface area contributed by atoms with Crippen molar-refractivity contribution in [3.63, 3.8) is 0 Å². The minimum Gasteiger partial charge on any atom is -0.324 e. The van der Waals surface area contributed by atoms with Gasteiger partial charge in [-0.2, -0.15) is 5.10 Å². The Hall–Kier alpha value is -3.59. The van der Waals surface area contributed by atoms with Crippen LogP contribution in [0, 0.1) is 0 Å². The molecule has 28 heavy (non-hydrogen) atoms. The highest BCUT2D eigenvalue weighted by Gasteiger charge is 2.18. The molecule has 2 aromatic carbocycles. The number of hydrogen-bond donors (Lipinski definition) is 4. The van der Waals surface area contributed by atoms with Gasteiger partial charge >= 0.3 is 0 Å². The zero-order valence-corrected chi connectivity index (χ0v) is 15.3. The zero-order valence-electron chi connectivity index (χ0n) is 14.5. The fourth-order valence-electron chi connectivity index (χ4n) is 2.67. The fourth-order valence-corrected chi connectivity index (χ4v) is 3.46. The lowest BCUT2D eigenvalue weighted by atomic mass is 10.1. The third-order valence-corrected chi connectivity index (χ3v) is 5.13. The second-order valence-corrected chi connectivity index (χ2v) is 7.01. The van der Waals surface area contributed by atoms with E-state index in [1.165, 1.54) is 11.8 Å². The Balaban J connectivity index is 1.40. The summed E-state index contributed by atoms with van der Waals surface area (Å²) in [5, 5.41) is 9.48. The number of fused-ring (bicyclic) bond motifs is 1. The molecular formula is C19H15N5O3S. The van der Waals surface area contributed by atoms with E-state index >= 15 is 0 Å². The molecule has 0 spiro atoms. The molecule has 3 amide bonds. The summed E-state index contributed by atoms with van der Waals surface area (Å²) in [4.78, 5) is 36.9. The first-order valence-electron chi connectivity index (χ1n) is 8.38. The average molecular weight is 393 g/mol. The SMILES string of the molecule is O=C1CSc2ccc(C(=O)NNC(=O)c3cc(-c4ccccc4)n[nH]3)cc2N1. The second kappa shape index (κ2) is 7.57. The van der Waals surface area contributed by atoms with Gasteiger partial charge in [-0.15, -0.1) is 11.8 Å². The Morgan fingerprint density at radius 3 is 2.61 bits per heavy atom. The monoisotopic (exact) mass is 393 g/mol. The van der Waals surface area contributed by atoms with Gasteiger partial charge in [0.2, 0.25) is 5.91 Å². The van der Waals surface area contributed by atoms with E-state index in [-0.39, 0.29) is 11.6 Å². The van der Waals surface area contributed by atoms with Crippen molar-refractivity contribution in [3.8, 4) is 11.3 Å². The van der Waals surface area contributed by atoms with Gasteiger partial charge in [0.25, 0.3) is 11.8 Å². The maximum absolute atomic E-state index is 12.3. The van der Waals surface area contributed by atoms with Gasteiger partial charge in [-0.3, -0.25) is 30.3 Å². The molecule has 0 fully saturated rings. The van der Waals surface area contributed by atoms with E-state index in [1.807, 2.05) is 30.3 Å². The van der Waals surface area contributed by atoms with Crippen LogP contribution in [0.2, 0.25) is 0 Å². The Morgan fingerprint density at radius 1 is 1.00 bits per heavy atom. The maximum atomic E-state index is 12.3. The molecule has 4 rings (SSSR count). The predicted molar refractivity (Wildman–Crippen MR) is 105 cm³/mol. The highest BCUT2D eigenvalue weighted by atomic mass is 32.2. The summed E-state index contributed by atoms with van der Waals surface area (Å²) in [5.41, 5.74) is 7.32. The van der Waals surface area contributed by atoms with Crippen LogP contribution in [0.3, 0.4) is 0 Å². The highest BCUT2D eigenvalue weighted by Crippen LogP contribution is 2.31. The number of thioether (sulfide) groups is 1. The normalized spacial score (nSPS) is 12.6. The Bertz CT molecular complexity index is 1060. The number of H-pyrrole nitrogens is 1. The lowest BCUT2D eigenvalue weighted by molar-refractivity contribution is -0.113. The van der Waals surface area contributed by atoms with Crippen molar-refractivity contribution in [3.05, 3.63) is 65.9 Å². The number of amides is 3. The number of rotatable bonds is 3. The molecule has 1 aromatic heterocycles. The van der Waals surface area contributed by atoms with Gasteiger partial charge in [-0.25, -0.2) is 0 Å². The predicted octanol–water partition coefficient (Wildman–Crippen LogP) is 2.20.